The number of aryl methyl sites for hydroxylation is 1. The smallest absolute Gasteiger partial charge is 0.309 e. The molecular weight excluding hydrogens is 242 g/mol. The highest BCUT2D eigenvalue weighted by atomic mass is 79.9. The summed E-state index contributed by atoms with van der Waals surface area (Å²) in [7, 11) is 0. The molecule has 0 fully saturated rings. The first kappa shape index (κ1) is 9.67. The van der Waals surface area contributed by atoms with Gasteiger partial charge in [0.15, 0.2) is 0 Å². The van der Waals surface area contributed by atoms with Gasteiger partial charge in [0.25, 0.3) is 0 Å². The molecule has 3 nitrogen and oxygen atoms in total. The first-order valence-corrected chi connectivity index (χ1v) is 5.10. The van der Waals surface area contributed by atoms with E-state index in [1.54, 1.807) is 0 Å². The van der Waals surface area contributed by atoms with E-state index in [1.807, 2.05) is 6.92 Å². The van der Waals surface area contributed by atoms with E-state index in [0.717, 1.165) is 15.2 Å². The van der Waals surface area contributed by atoms with Crippen LogP contribution in [0.3, 0.4) is 0 Å². The molecule has 0 aliphatic heterocycles. The van der Waals surface area contributed by atoms with Gasteiger partial charge in [-0.25, -0.2) is 4.98 Å². The van der Waals surface area contributed by atoms with Crippen LogP contribution in [0.15, 0.2) is 3.79 Å². The summed E-state index contributed by atoms with van der Waals surface area (Å²) >= 11 is 4.78. The lowest BCUT2D eigenvalue weighted by molar-refractivity contribution is -0.136. The predicted octanol–water partition coefficient (Wildman–Crippen LogP) is 2.10. The van der Waals surface area contributed by atoms with E-state index in [0.29, 0.717) is 5.69 Å². The number of carbonyl (C=O) groups is 1. The first-order chi connectivity index (χ1) is 5.63. The number of halogens is 1. The molecule has 1 rings (SSSR count). The number of aromatic nitrogens is 1. The summed E-state index contributed by atoms with van der Waals surface area (Å²) in [4.78, 5) is 14.5. The number of hydrogen-bond donors (Lipinski definition) is 1. The summed E-state index contributed by atoms with van der Waals surface area (Å²) in [5.41, 5.74) is 0.629. The Labute approximate surface area is 82.6 Å². The predicted molar refractivity (Wildman–Crippen MR) is 50.5 cm³/mol. The van der Waals surface area contributed by atoms with Crippen LogP contribution < -0.4 is 0 Å². The summed E-state index contributed by atoms with van der Waals surface area (Å²) in [5, 5.41) is 9.49. The minimum Gasteiger partial charge on any atom is -0.481 e. The Morgan fingerprint density at radius 2 is 2.42 bits per heavy atom. The highest BCUT2D eigenvalue weighted by Gasteiger charge is 2.10. The molecule has 1 N–H and O–H groups in total. The maximum Gasteiger partial charge on any atom is 0.309 e. The van der Waals surface area contributed by atoms with Crippen molar-refractivity contribution in [3.63, 3.8) is 0 Å². The van der Waals surface area contributed by atoms with Crippen molar-refractivity contribution in [2.24, 2.45) is 0 Å². The van der Waals surface area contributed by atoms with Gasteiger partial charge >= 0.3 is 5.97 Å². The fourth-order valence-electron chi connectivity index (χ4n) is 0.783. The maximum atomic E-state index is 10.4. The Kier molecular flexibility index (Phi) is 3.22. The van der Waals surface area contributed by atoms with Crippen LogP contribution in [0, 0.1) is 0 Å². The van der Waals surface area contributed by atoms with Crippen molar-refractivity contribution in [3.8, 4) is 0 Å². The van der Waals surface area contributed by atoms with Crippen LogP contribution >= 0.6 is 27.3 Å². The summed E-state index contributed by atoms with van der Waals surface area (Å²) in [5.74, 6) is -0.844. The zero-order valence-corrected chi connectivity index (χ0v) is 8.91. The fraction of sp³-hybridized carbons (Fsp3) is 0.429. The van der Waals surface area contributed by atoms with Gasteiger partial charge in [0.05, 0.1) is 20.9 Å². The van der Waals surface area contributed by atoms with E-state index in [1.165, 1.54) is 11.3 Å². The molecule has 0 aromatic carbocycles. The molecular formula is C7H8BrNO2S. The van der Waals surface area contributed by atoms with Crippen LogP contribution in [0.1, 0.15) is 17.6 Å². The van der Waals surface area contributed by atoms with E-state index in [4.69, 9.17) is 5.11 Å². The molecule has 0 saturated heterocycles. The third-order valence-electron chi connectivity index (χ3n) is 1.32. The standard InChI is InChI=1S/C7H8BrNO2S/c1-2-5-9-4(3-6(10)11)7(8)12-5/h2-3H2,1H3,(H,10,11). The normalized spacial score (nSPS) is 10.2. The monoisotopic (exact) mass is 249 g/mol. The molecule has 1 aromatic heterocycles. The fourth-order valence-corrected chi connectivity index (χ4v) is 2.32. The van der Waals surface area contributed by atoms with E-state index < -0.39 is 5.97 Å². The van der Waals surface area contributed by atoms with Gasteiger partial charge in [-0.3, -0.25) is 4.79 Å². The number of aliphatic carboxylic acids is 1. The molecule has 0 aliphatic carbocycles. The van der Waals surface area contributed by atoms with Gasteiger partial charge in [-0.1, -0.05) is 6.92 Å². The second-order valence-corrected chi connectivity index (χ2v) is 4.65. The topological polar surface area (TPSA) is 50.2 Å². The van der Waals surface area contributed by atoms with Crippen molar-refractivity contribution in [1.29, 1.82) is 0 Å². The zero-order chi connectivity index (χ0) is 9.14. The van der Waals surface area contributed by atoms with Crippen LogP contribution in [-0.2, 0) is 17.6 Å². The van der Waals surface area contributed by atoms with Crippen molar-refractivity contribution in [3.05, 3.63) is 14.5 Å². The Hall–Kier alpha value is -0.420. The SMILES string of the molecule is CCc1nc(CC(=O)O)c(Br)s1. The van der Waals surface area contributed by atoms with Crippen LogP contribution in [0.25, 0.3) is 0 Å². The van der Waals surface area contributed by atoms with Crippen LogP contribution in [-0.4, -0.2) is 16.1 Å². The molecule has 0 spiro atoms. The Morgan fingerprint density at radius 1 is 1.75 bits per heavy atom. The van der Waals surface area contributed by atoms with Crippen LogP contribution in [0.2, 0.25) is 0 Å². The van der Waals surface area contributed by atoms with Gasteiger partial charge in [0.1, 0.15) is 0 Å². The van der Waals surface area contributed by atoms with E-state index in [2.05, 4.69) is 20.9 Å². The molecule has 0 amide bonds. The summed E-state index contributed by atoms with van der Waals surface area (Å²) in [6, 6.07) is 0. The number of hydrogen-bond acceptors (Lipinski definition) is 3. The average Bonchev–Trinajstić information content (AvgIpc) is 2.31. The van der Waals surface area contributed by atoms with Crippen molar-refractivity contribution in [2.75, 3.05) is 0 Å². The van der Waals surface area contributed by atoms with Crippen molar-refractivity contribution in [1.82, 2.24) is 4.98 Å². The second kappa shape index (κ2) is 4.00. The summed E-state index contributed by atoms with van der Waals surface area (Å²) in [6.07, 6.45) is 0.847. The number of carboxylic acids is 1. The molecule has 5 heteroatoms. The van der Waals surface area contributed by atoms with E-state index in [-0.39, 0.29) is 6.42 Å². The largest absolute Gasteiger partial charge is 0.481 e. The average molecular weight is 250 g/mol. The lowest BCUT2D eigenvalue weighted by Gasteiger charge is -1.89. The number of thiazole rings is 1. The second-order valence-electron chi connectivity index (χ2n) is 2.25. The van der Waals surface area contributed by atoms with Gasteiger partial charge in [0.2, 0.25) is 0 Å². The minimum atomic E-state index is -0.844. The van der Waals surface area contributed by atoms with E-state index >= 15 is 0 Å². The Bertz CT molecular complexity index is 298. The quantitative estimate of drug-likeness (QED) is 0.893. The van der Waals surface area contributed by atoms with Crippen molar-refractivity contribution in [2.45, 2.75) is 19.8 Å². The molecule has 1 heterocycles. The third-order valence-corrected chi connectivity index (χ3v) is 3.29. The first-order valence-electron chi connectivity index (χ1n) is 3.49. The lowest BCUT2D eigenvalue weighted by atomic mass is 10.3. The highest BCUT2D eigenvalue weighted by Crippen LogP contribution is 2.25. The molecule has 0 aliphatic rings. The van der Waals surface area contributed by atoms with Gasteiger partial charge in [-0.15, -0.1) is 11.3 Å². The summed E-state index contributed by atoms with van der Waals surface area (Å²) in [6.45, 7) is 2.00. The molecule has 0 atom stereocenters. The van der Waals surface area contributed by atoms with Gasteiger partial charge in [-0.05, 0) is 22.4 Å². The van der Waals surface area contributed by atoms with Gasteiger partial charge in [0, 0.05) is 0 Å². The van der Waals surface area contributed by atoms with E-state index in [9.17, 15) is 4.79 Å². The van der Waals surface area contributed by atoms with Crippen molar-refractivity contribution < 1.29 is 9.90 Å². The molecule has 12 heavy (non-hydrogen) atoms. The summed E-state index contributed by atoms with van der Waals surface area (Å²) < 4.78 is 0.835. The van der Waals surface area contributed by atoms with Crippen LogP contribution in [0.4, 0.5) is 0 Å². The molecule has 0 radical (unpaired) electrons. The van der Waals surface area contributed by atoms with Crippen molar-refractivity contribution >= 4 is 33.2 Å². The van der Waals surface area contributed by atoms with Gasteiger partial charge < -0.3 is 5.11 Å². The molecule has 0 unspecified atom stereocenters. The molecule has 0 saturated carbocycles. The minimum absolute atomic E-state index is 0.00289. The number of rotatable bonds is 3. The molecule has 66 valence electrons. The molecule has 1 aromatic rings. The third kappa shape index (κ3) is 2.28. The lowest BCUT2D eigenvalue weighted by Crippen LogP contribution is -2.00. The molecule has 0 bridgehead atoms. The Morgan fingerprint density at radius 3 is 2.83 bits per heavy atom. The zero-order valence-electron chi connectivity index (χ0n) is 6.50. The van der Waals surface area contributed by atoms with Crippen LogP contribution in [0.5, 0.6) is 0 Å². The number of nitrogens with zero attached hydrogens (tertiary/aromatic N) is 1. The maximum absolute atomic E-state index is 10.4. The highest BCUT2D eigenvalue weighted by molar-refractivity contribution is 9.11. The number of carboxylic acid groups (broad SMARTS) is 1. The Balaban J connectivity index is 2.84. The van der Waals surface area contributed by atoms with Gasteiger partial charge in [-0.2, -0.15) is 0 Å².